The lowest BCUT2D eigenvalue weighted by Crippen LogP contribution is -2.56. The molecule has 2 atom stereocenters. The molecule has 2 aliphatic rings. The molecule has 4 heteroatoms. The van der Waals surface area contributed by atoms with Crippen molar-refractivity contribution in [3.63, 3.8) is 0 Å². The summed E-state index contributed by atoms with van der Waals surface area (Å²) < 4.78 is 5.82. The van der Waals surface area contributed by atoms with Gasteiger partial charge in [-0.3, -0.25) is 4.90 Å². The summed E-state index contributed by atoms with van der Waals surface area (Å²) >= 11 is 0. The van der Waals surface area contributed by atoms with Gasteiger partial charge >= 0.3 is 0 Å². The fourth-order valence-corrected chi connectivity index (χ4v) is 3.24. The SMILES string of the molecule is CC(C)CN1CCN(C(CN)C2CCCO2)CC1. The van der Waals surface area contributed by atoms with Crippen LogP contribution >= 0.6 is 0 Å². The maximum atomic E-state index is 5.96. The Hall–Kier alpha value is -0.160. The average molecular weight is 255 g/mol. The quantitative estimate of drug-likeness (QED) is 0.788. The summed E-state index contributed by atoms with van der Waals surface area (Å²) in [6.45, 7) is 12.1. The summed E-state index contributed by atoms with van der Waals surface area (Å²) in [6, 6.07) is 0.439. The molecule has 18 heavy (non-hydrogen) atoms. The Bertz CT molecular complexity index is 233. The summed E-state index contributed by atoms with van der Waals surface area (Å²) in [5, 5.41) is 0. The van der Waals surface area contributed by atoms with E-state index in [0.717, 1.165) is 32.2 Å². The molecule has 2 rings (SSSR count). The zero-order valence-corrected chi connectivity index (χ0v) is 12.0. The highest BCUT2D eigenvalue weighted by Gasteiger charge is 2.31. The van der Waals surface area contributed by atoms with Gasteiger partial charge in [-0.25, -0.2) is 0 Å². The predicted molar refractivity (Wildman–Crippen MR) is 74.7 cm³/mol. The van der Waals surface area contributed by atoms with E-state index in [1.165, 1.54) is 32.5 Å². The minimum atomic E-state index is 0.381. The maximum absolute atomic E-state index is 5.96. The van der Waals surface area contributed by atoms with Crippen LogP contribution in [0.25, 0.3) is 0 Å². The van der Waals surface area contributed by atoms with E-state index in [1.807, 2.05) is 0 Å². The molecular formula is C14H29N3O. The minimum absolute atomic E-state index is 0.381. The second-order valence-corrected chi connectivity index (χ2v) is 6.08. The van der Waals surface area contributed by atoms with Gasteiger partial charge in [0.2, 0.25) is 0 Å². The van der Waals surface area contributed by atoms with Crippen molar-refractivity contribution < 1.29 is 4.74 Å². The van der Waals surface area contributed by atoms with E-state index >= 15 is 0 Å². The number of rotatable bonds is 5. The summed E-state index contributed by atoms with van der Waals surface area (Å²) in [4.78, 5) is 5.12. The Morgan fingerprint density at radius 2 is 1.94 bits per heavy atom. The Morgan fingerprint density at radius 1 is 1.22 bits per heavy atom. The molecule has 0 amide bonds. The number of ether oxygens (including phenoxy) is 1. The van der Waals surface area contributed by atoms with Crippen molar-refractivity contribution in [2.75, 3.05) is 45.9 Å². The molecular weight excluding hydrogens is 226 g/mol. The first-order chi connectivity index (χ1) is 8.70. The van der Waals surface area contributed by atoms with Gasteiger partial charge in [0.05, 0.1) is 6.10 Å². The van der Waals surface area contributed by atoms with Crippen molar-refractivity contribution in [3.8, 4) is 0 Å². The number of hydrogen-bond acceptors (Lipinski definition) is 4. The van der Waals surface area contributed by atoms with Crippen LogP contribution in [-0.2, 0) is 4.74 Å². The largest absolute Gasteiger partial charge is 0.377 e. The summed E-state index contributed by atoms with van der Waals surface area (Å²) in [5.41, 5.74) is 5.96. The van der Waals surface area contributed by atoms with Crippen LogP contribution in [0.5, 0.6) is 0 Å². The van der Waals surface area contributed by atoms with E-state index in [1.54, 1.807) is 0 Å². The molecule has 0 radical (unpaired) electrons. The molecule has 2 saturated heterocycles. The third-order valence-corrected chi connectivity index (χ3v) is 4.13. The van der Waals surface area contributed by atoms with Crippen LogP contribution in [-0.4, -0.2) is 67.8 Å². The number of nitrogens with zero attached hydrogens (tertiary/aromatic N) is 2. The number of hydrogen-bond donors (Lipinski definition) is 1. The van der Waals surface area contributed by atoms with Crippen LogP contribution in [0.1, 0.15) is 26.7 Å². The van der Waals surface area contributed by atoms with Crippen molar-refractivity contribution in [1.82, 2.24) is 9.80 Å². The van der Waals surface area contributed by atoms with Crippen LogP contribution in [0, 0.1) is 5.92 Å². The van der Waals surface area contributed by atoms with Gasteiger partial charge in [-0.1, -0.05) is 13.8 Å². The fraction of sp³-hybridized carbons (Fsp3) is 1.00. The van der Waals surface area contributed by atoms with E-state index in [-0.39, 0.29) is 0 Å². The Labute approximate surface area is 111 Å². The molecule has 0 aromatic heterocycles. The van der Waals surface area contributed by atoms with Gasteiger partial charge < -0.3 is 15.4 Å². The van der Waals surface area contributed by atoms with E-state index in [9.17, 15) is 0 Å². The van der Waals surface area contributed by atoms with E-state index in [4.69, 9.17) is 10.5 Å². The van der Waals surface area contributed by atoms with Gasteiger partial charge in [0.1, 0.15) is 0 Å². The molecule has 2 heterocycles. The van der Waals surface area contributed by atoms with Gasteiger partial charge in [-0.2, -0.15) is 0 Å². The standard InChI is InChI=1S/C14H29N3O/c1-12(2)11-16-5-7-17(8-6-16)13(10-15)14-4-3-9-18-14/h12-14H,3-11,15H2,1-2H3. The van der Waals surface area contributed by atoms with Crippen molar-refractivity contribution in [2.24, 2.45) is 11.7 Å². The van der Waals surface area contributed by atoms with Gasteiger partial charge in [0, 0.05) is 51.9 Å². The van der Waals surface area contributed by atoms with Crippen LogP contribution in [0.2, 0.25) is 0 Å². The lowest BCUT2D eigenvalue weighted by atomic mass is 10.1. The molecule has 0 aromatic carbocycles. The zero-order valence-electron chi connectivity index (χ0n) is 12.0. The van der Waals surface area contributed by atoms with Crippen molar-refractivity contribution in [3.05, 3.63) is 0 Å². The molecule has 0 aliphatic carbocycles. The van der Waals surface area contributed by atoms with Crippen LogP contribution < -0.4 is 5.73 Å². The summed E-state index contributed by atoms with van der Waals surface area (Å²) in [7, 11) is 0. The summed E-state index contributed by atoms with van der Waals surface area (Å²) in [6.07, 6.45) is 2.77. The van der Waals surface area contributed by atoms with Gasteiger partial charge in [-0.05, 0) is 18.8 Å². The van der Waals surface area contributed by atoms with Gasteiger partial charge in [0.25, 0.3) is 0 Å². The molecule has 2 N–H and O–H groups in total. The highest BCUT2D eigenvalue weighted by Crippen LogP contribution is 2.20. The first-order valence-corrected chi connectivity index (χ1v) is 7.48. The molecule has 0 bridgehead atoms. The molecule has 2 aliphatic heterocycles. The highest BCUT2D eigenvalue weighted by molar-refractivity contribution is 4.86. The first kappa shape index (κ1) is 14.3. The topological polar surface area (TPSA) is 41.7 Å². The van der Waals surface area contributed by atoms with Crippen LogP contribution in [0.3, 0.4) is 0 Å². The monoisotopic (exact) mass is 255 g/mol. The smallest absolute Gasteiger partial charge is 0.0743 e. The Morgan fingerprint density at radius 3 is 2.44 bits per heavy atom. The van der Waals surface area contributed by atoms with E-state index in [0.29, 0.717) is 12.1 Å². The van der Waals surface area contributed by atoms with Crippen molar-refractivity contribution in [2.45, 2.75) is 38.8 Å². The Balaban J connectivity index is 1.80. The number of piperazine rings is 1. The van der Waals surface area contributed by atoms with Crippen LogP contribution in [0.4, 0.5) is 0 Å². The highest BCUT2D eigenvalue weighted by atomic mass is 16.5. The molecule has 106 valence electrons. The third-order valence-electron chi connectivity index (χ3n) is 4.13. The van der Waals surface area contributed by atoms with Crippen molar-refractivity contribution >= 4 is 0 Å². The van der Waals surface area contributed by atoms with E-state index in [2.05, 4.69) is 23.6 Å². The lowest BCUT2D eigenvalue weighted by molar-refractivity contribution is 0.00436. The molecule has 4 nitrogen and oxygen atoms in total. The van der Waals surface area contributed by atoms with E-state index < -0.39 is 0 Å². The molecule has 2 unspecified atom stereocenters. The fourth-order valence-electron chi connectivity index (χ4n) is 3.24. The molecule has 2 fully saturated rings. The zero-order chi connectivity index (χ0) is 13.0. The second kappa shape index (κ2) is 6.85. The third kappa shape index (κ3) is 3.67. The summed E-state index contributed by atoms with van der Waals surface area (Å²) in [5.74, 6) is 0.764. The second-order valence-electron chi connectivity index (χ2n) is 6.08. The first-order valence-electron chi connectivity index (χ1n) is 7.48. The maximum Gasteiger partial charge on any atom is 0.0743 e. The number of nitrogens with two attached hydrogens (primary N) is 1. The molecule has 0 aromatic rings. The van der Waals surface area contributed by atoms with Crippen molar-refractivity contribution in [1.29, 1.82) is 0 Å². The molecule has 0 spiro atoms. The normalized spacial score (nSPS) is 29.0. The predicted octanol–water partition coefficient (Wildman–Crippen LogP) is 0.766. The van der Waals surface area contributed by atoms with Crippen LogP contribution in [0.15, 0.2) is 0 Å². The lowest BCUT2D eigenvalue weighted by Gasteiger charge is -2.41. The average Bonchev–Trinajstić information content (AvgIpc) is 2.85. The van der Waals surface area contributed by atoms with Gasteiger partial charge in [0.15, 0.2) is 0 Å². The molecule has 0 saturated carbocycles. The minimum Gasteiger partial charge on any atom is -0.377 e. The van der Waals surface area contributed by atoms with Gasteiger partial charge in [-0.15, -0.1) is 0 Å². The Kier molecular flexibility index (Phi) is 5.42.